The predicted molar refractivity (Wildman–Crippen MR) is 88.5 cm³/mol. The number of nitrogens with zero attached hydrogens (tertiary/aromatic N) is 1. The van der Waals surface area contributed by atoms with E-state index in [1.54, 1.807) is 0 Å². The molecular formula is C18H24N2O. The van der Waals surface area contributed by atoms with Crippen molar-refractivity contribution in [1.82, 2.24) is 5.32 Å². The monoisotopic (exact) mass is 284 g/mol. The molecule has 112 valence electrons. The van der Waals surface area contributed by atoms with Gasteiger partial charge in [0.2, 0.25) is 0 Å². The minimum atomic E-state index is 0.148. The van der Waals surface area contributed by atoms with E-state index in [-0.39, 0.29) is 12.6 Å². The standard InChI is InChI=1S/C18H24N2O/c1-15(19-2)17-10-6-7-11-18(17)20(12-13-21)14-16-8-4-3-5-9-16/h3-11,15,19,21H,12-14H2,1-2H3. The van der Waals surface area contributed by atoms with Gasteiger partial charge < -0.3 is 15.3 Å². The Kier molecular flexibility index (Phi) is 5.78. The molecule has 2 rings (SSSR count). The van der Waals surface area contributed by atoms with Gasteiger partial charge in [0.1, 0.15) is 0 Å². The lowest BCUT2D eigenvalue weighted by atomic mass is 10.0. The van der Waals surface area contributed by atoms with Crippen molar-refractivity contribution in [3.8, 4) is 0 Å². The molecule has 2 N–H and O–H groups in total. The van der Waals surface area contributed by atoms with Crippen LogP contribution in [0.5, 0.6) is 0 Å². The Morgan fingerprint density at radius 1 is 1.05 bits per heavy atom. The van der Waals surface area contributed by atoms with Crippen molar-refractivity contribution in [2.75, 3.05) is 25.1 Å². The minimum Gasteiger partial charge on any atom is -0.395 e. The molecule has 0 aliphatic rings. The zero-order valence-electron chi connectivity index (χ0n) is 12.8. The molecule has 0 aromatic heterocycles. The highest BCUT2D eigenvalue weighted by atomic mass is 16.3. The molecule has 0 aliphatic heterocycles. The third kappa shape index (κ3) is 4.06. The molecule has 0 fully saturated rings. The van der Waals surface area contributed by atoms with Crippen LogP contribution in [0, 0.1) is 0 Å². The summed E-state index contributed by atoms with van der Waals surface area (Å²) in [5, 5.41) is 12.7. The van der Waals surface area contributed by atoms with Crippen LogP contribution in [0.15, 0.2) is 54.6 Å². The van der Waals surface area contributed by atoms with Crippen LogP contribution in [0.3, 0.4) is 0 Å². The zero-order valence-corrected chi connectivity index (χ0v) is 12.8. The Hall–Kier alpha value is -1.84. The molecule has 0 saturated heterocycles. The summed E-state index contributed by atoms with van der Waals surface area (Å²) in [6.07, 6.45) is 0. The molecule has 1 atom stereocenters. The number of anilines is 1. The minimum absolute atomic E-state index is 0.148. The van der Waals surface area contributed by atoms with E-state index in [9.17, 15) is 5.11 Å². The third-order valence-electron chi connectivity index (χ3n) is 3.76. The molecule has 21 heavy (non-hydrogen) atoms. The van der Waals surface area contributed by atoms with E-state index in [0.29, 0.717) is 6.54 Å². The average Bonchev–Trinajstić information content (AvgIpc) is 2.55. The summed E-state index contributed by atoms with van der Waals surface area (Å²) in [7, 11) is 1.97. The Bertz CT molecular complexity index is 542. The quantitative estimate of drug-likeness (QED) is 0.820. The van der Waals surface area contributed by atoms with E-state index < -0.39 is 0 Å². The lowest BCUT2D eigenvalue weighted by Crippen LogP contribution is -2.28. The lowest BCUT2D eigenvalue weighted by Gasteiger charge is -2.28. The summed E-state index contributed by atoms with van der Waals surface area (Å²) in [5.74, 6) is 0. The van der Waals surface area contributed by atoms with E-state index in [1.165, 1.54) is 16.8 Å². The summed E-state index contributed by atoms with van der Waals surface area (Å²) in [4.78, 5) is 2.23. The predicted octanol–water partition coefficient (Wildman–Crippen LogP) is 2.97. The maximum absolute atomic E-state index is 9.41. The smallest absolute Gasteiger partial charge is 0.0606 e. The largest absolute Gasteiger partial charge is 0.395 e. The first-order valence-electron chi connectivity index (χ1n) is 7.42. The van der Waals surface area contributed by atoms with Crippen LogP contribution in [0.2, 0.25) is 0 Å². The van der Waals surface area contributed by atoms with Gasteiger partial charge in [-0.25, -0.2) is 0 Å². The van der Waals surface area contributed by atoms with Gasteiger partial charge in [0.25, 0.3) is 0 Å². The van der Waals surface area contributed by atoms with E-state index in [0.717, 1.165) is 6.54 Å². The molecule has 0 heterocycles. The van der Waals surface area contributed by atoms with Crippen molar-refractivity contribution in [2.45, 2.75) is 19.5 Å². The van der Waals surface area contributed by atoms with Gasteiger partial charge in [-0.3, -0.25) is 0 Å². The van der Waals surface area contributed by atoms with Crippen molar-refractivity contribution in [3.05, 3.63) is 65.7 Å². The second kappa shape index (κ2) is 7.81. The van der Waals surface area contributed by atoms with Crippen LogP contribution >= 0.6 is 0 Å². The highest BCUT2D eigenvalue weighted by molar-refractivity contribution is 5.55. The van der Waals surface area contributed by atoms with E-state index in [4.69, 9.17) is 0 Å². The maximum Gasteiger partial charge on any atom is 0.0606 e. The van der Waals surface area contributed by atoms with Gasteiger partial charge in [-0.1, -0.05) is 48.5 Å². The summed E-state index contributed by atoms with van der Waals surface area (Å²) in [6.45, 7) is 3.73. The van der Waals surface area contributed by atoms with Crippen molar-refractivity contribution in [2.24, 2.45) is 0 Å². The Labute approximate surface area is 127 Å². The molecule has 0 radical (unpaired) electrons. The molecule has 0 spiro atoms. The van der Waals surface area contributed by atoms with Crippen LogP contribution in [0.25, 0.3) is 0 Å². The van der Waals surface area contributed by atoms with Crippen molar-refractivity contribution >= 4 is 5.69 Å². The number of aliphatic hydroxyl groups excluding tert-OH is 1. The molecule has 3 nitrogen and oxygen atoms in total. The number of nitrogens with one attached hydrogen (secondary N) is 1. The van der Waals surface area contributed by atoms with Gasteiger partial charge in [0.05, 0.1) is 6.61 Å². The Balaban J connectivity index is 2.30. The van der Waals surface area contributed by atoms with Crippen LogP contribution in [-0.2, 0) is 6.54 Å². The van der Waals surface area contributed by atoms with Crippen LogP contribution < -0.4 is 10.2 Å². The Morgan fingerprint density at radius 2 is 1.71 bits per heavy atom. The summed E-state index contributed by atoms with van der Waals surface area (Å²) < 4.78 is 0. The fourth-order valence-electron chi connectivity index (χ4n) is 2.51. The molecular weight excluding hydrogens is 260 g/mol. The molecule has 0 saturated carbocycles. The molecule has 0 aliphatic carbocycles. The number of aliphatic hydroxyl groups is 1. The highest BCUT2D eigenvalue weighted by Gasteiger charge is 2.14. The van der Waals surface area contributed by atoms with E-state index in [1.807, 2.05) is 13.1 Å². The highest BCUT2D eigenvalue weighted by Crippen LogP contribution is 2.27. The topological polar surface area (TPSA) is 35.5 Å². The lowest BCUT2D eigenvalue weighted by molar-refractivity contribution is 0.301. The molecule has 0 bridgehead atoms. The SMILES string of the molecule is CNC(C)c1ccccc1N(CCO)Cc1ccccc1. The molecule has 2 aromatic rings. The van der Waals surface area contributed by atoms with Gasteiger partial charge in [0, 0.05) is 24.8 Å². The first-order chi connectivity index (χ1) is 10.3. The average molecular weight is 284 g/mol. The van der Waals surface area contributed by atoms with Crippen molar-refractivity contribution in [1.29, 1.82) is 0 Å². The van der Waals surface area contributed by atoms with Crippen molar-refractivity contribution in [3.63, 3.8) is 0 Å². The number of para-hydroxylation sites is 1. The second-order valence-corrected chi connectivity index (χ2v) is 5.20. The number of rotatable bonds is 7. The normalized spacial score (nSPS) is 12.1. The van der Waals surface area contributed by atoms with Gasteiger partial charge in [0.15, 0.2) is 0 Å². The van der Waals surface area contributed by atoms with Crippen LogP contribution in [-0.4, -0.2) is 25.3 Å². The molecule has 2 aromatic carbocycles. The van der Waals surface area contributed by atoms with Gasteiger partial charge in [-0.15, -0.1) is 0 Å². The fraction of sp³-hybridized carbons (Fsp3) is 0.333. The first-order valence-corrected chi connectivity index (χ1v) is 7.42. The third-order valence-corrected chi connectivity index (χ3v) is 3.76. The summed E-state index contributed by atoms with van der Waals surface area (Å²) in [6, 6.07) is 19.0. The van der Waals surface area contributed by atoms with E-state index >= 15 is 0 Å². The van der Waals surface area contributed by atoms with Crippen LogP contribution in [0.1, 0.15) is 24.1 Å². The maximum atomic E-state index is 9.41. The van der Waals surface area contributed by atoms with Crippen molar-refractivity contribution < 1.29 is 5.11 Å². The molecule has 1 unspecified atom stereocenters. The summed E-state index contributed by atoms with van der Waals surface area (Å²) in [5.41, 5.74) is 3.68. The fourth-order valence-corrected chi connectivity index (χ4v) is 2.51. The Morgan fingerprint density at radius 3 is 2.38 bits per heavy atom. The number of hydrogen-bond donors (Lipinski definition) is 2. The van der Waals surface area contributed by atoms with Gasteiger partial charge in [-0.05, 0) is 31.2 Å². The molecule has 3 heteroatoms. The van der Waals surface area contributed by atoms with Gasteiger partial charge >= 0.3 is 0 Å². The number of benzene rings is 2. The molecule has 0 amide bonds. The first kappa shape index (κ1) is 15.5. The summed E-state index contributed by atoms with van der Waals surface area (Å²) >= 11 is 0. The van der Waals surface area contributed by atoms with E-state index in [2.05, 4.69) is 65.7 Å². The second-order valence-electron chi connectivity index (χ2n) is 5.20. The van der Waals surface area contributed by atoms with Crippen LogP contribution in [0.4, 0.5) is 5.69 Å². The van der Waals surface area contributed by atoms with Gasteiger partial charge in [-0.2, -0.15) is 0 Å². The zero-order chi connectivity index (χ0) is 15.1. The number of hydrogen-bond acceptors (Lipinski definition) is 3.